The highest BCUT2D eigenvalue weighted by molar-refractivity contribution is 5.40. The van der Waals surface area contributed by atoms with Gasteiger partial charge in [0.1, 0.15) is 5.75 Å². The third kappa shape index (κ3) is 3.51. The van der Waals surface area contributed by atoms with Gasteiger partial charge in [-0.25, -0.2) is 0 Å². The van der Waals surface area contributed by atoms with Crippen molar-refractivity contribution >= 4 is 0 Å². The molecule has 0 saturated carbocycles. The first kappa shape index (κ1) is 13.0. The zero-order valence-electron chi connectivity index (χ0n) is 10.2. The van der Waals surface area contributed by atoms with Crippen molar-refractivity contribution in [1.82, 2.24) is 0 Å². The molecule has 0 unspecified atom stereocenters. The second kappa shape index (κ2) is 6.51. The van der Waals surface area contributed by atoms with Crippen molar-refractivity contribution in [2.75, 3.05) is 13.2 Å². The molecule has 0 fully saturated rings. The highest BCUT2D eigenvalue weighted by Crippen LogP contribution is 2.22. The predicted octanol–water partition coefficient (Wildman–Crippen LogP) is 2.77. The van der Waals surface area contributed by atoms with E-state index in [9.17, 15) is 5.11 Å². The van der Waals surface area contributed by atoms with E-state index < -0.39 is 0 Å². The number of aromatic hydroxyl groups is 1. The van der Waals surface area contributed by atoms with E-state index in [1.54, 1.807) is 12.1 Å². The van der Waals surface area contributed by atoms with E-state index in [2.05, 4.69) is 0 Å². The first-order chi connectivity index (χ1) is 7.69. The summed E-state index contributed by atoms with van der Waals surface area (Å²) in [4.78, 5) is 0. The first-order valence-corrected chi connectivity index (χ1v) is 5.65. The van der Waals surface area contributed by atoms with Gasteiger partial charge in [-0.1, -0.05) is 0 Å². The van der Waals surface area contributed by atoms with Gasteiger partial charge in [-0.05, 0) is 49.6 Å². The topological polar surface area (TPSA) is 38.7 Å². The van der Waals surface area contributed by atoms with Crippen LogP contribution in [0.2, 0.25) is 0 Å². The molecule has 1 N–H and O–H groups in total. The zero-order chi connectivity index (χ0) is 12.0. The summed E-state index contributed by atoms with van der Waals surface area (Å²) < 4.78 is 10.7. The maximum atomic E-state index is 9.61. The van der Waals surface area contributed by atoms with Gasteiger partial charge < -0.3 is 14.6 Å². The molecule has 0 spiro atoms. The Hall–Kier alpha value is -1.06. The van der Waals surface area contributed by atoms with Gasteiger partial charge >= 0.3 is 0 Å². The van der Waals surface area contributed by atoms with Crippen LogP contribution in [0.15, 0.2) is 12.1 Å². The molecule has 0 radical (unpaired) electrons. The Morgan fingerprint density at radius 3 is 1.81 bits per heavy atom. The maximum Gasteiger partial charge on any atom is 0.116 e. The van der Waals surface area contributed by atoms with Gasteiger partial charge in [0, 0.05) is 13.2 Å². The van der Waals surface area contributed by atoms with Crippen LogP contribution >= 0.6 is 0 Å². The Morgan fingerprint density at radius 1 is 1.00 bits per heavy atom. The van der Waals surface area contributed by atoms with E-state index in [1.807, 2.05) is 20.8 Å². The van der Waals surface area contributed by atoms with E-state index in [1.165, 1.54) is 0 Å². The second-order valence-corrected chi connectivity index (χ2v) is 3.66. The fourth-order valence-corrected chi connectivity index (χ4v) is 1.55. The SMILES string of the molecule is CCOCc1cc(O)cc(COCC)c1C. The van der Waals surface area contributed by atoms with Gasteiger partial charge in [0.05, 0.1) is 13.2 Å². The molecule has 0 bridgehead atoms. The van der Waals surface area contributed by atoms with Crippen LogP contribution in [0.3, 0.4) is 0 Å². The lowest BCUT2D eigenvalue weighted by atomic mass is 10.0. The van der Waals surface area contributed by atoms with Crippen LogP contribution < -0.4 is 0 Å². The summed E-state index contributed by atoms with van der Waals surface area (Å²) in [6.07, 6.45) is 0. The molecule has 0 saturated heterocycles. The van der Waals surface area contributed by atoms with Crippen LogP contribution in [0, 0.1) is 6.92 Å². The Kier molecular flexibility index (Phi) is 5.29. The van der Waals surface area contributed by atoms with Crippen LogP contribution in [-0.4, -0.2) is 18.3 Å². The van der Waals surface area contributed by atoms with Gasteiger partial charge in [0.2, 0.25) is 0 Å². The number of benzene rings is 1. The number of hydrogen-bond donors (Lipinski definition) is 1. The lowest BCUT2D eigenvalue weighted by Gasteiger charge is -2.12. The highest BCUT2D eigenvalue weighted by atomic mass is 16.5. The number of ether oxygens (including phenoxy) is 2. The lowest BCUT2D eigenvalue weighted by Crippen LogP contribution is -2.01. The molecular weight excluding hydrogens is 204 g/mol. The Balaban J connectivity index is 2.86. The molecular formula is C13H20O3. The van der Waals surface area contributed by atoms with Gasteiger partial charge in [-0.3, -0.25) is 0 Å². The van der Waals surface area contributed by atoms with Crippen molar-refractivity contribution < 1.29 is 14.6 Å². The average molecular weight is 224 g/mol. The molecule has 0 heterocycles. The van der Waals surface area contributed by atoms with Crippen LogP contribution in [0.4, 0.5) is 0 Å². The van der Waals surface area contributed by atoms with Crippen molar-refractivity contribution in [1.29, 1.82) is 0 Å². The van der Waals surface area contributed by atoms with Gasteiger partial charge in [0.25, 0.3) is 0 Å². The van der Waals surface area contributed by atoms with E-state index in [0.717, 1.165) is 16.7 Å². The smallest absolute Gasteiger partial charge is 0.116 e. The molecule has 3 nitrogen and oxygen atoms in total. The minimum Gasteiger partial charge on any atom is -0.508 e. The molecule has 16 heavy (non-hydrogen) atoms. The molecule has 90 valence electrons. The fourth-order valence-electron chi connectivity index (χ4n) is 1.55. The molecule has 1 aromatic rings. The van der Waals surface area contributed by atoms with Gasteiger partial charge in [-0.2, -0.15) is 0 Å². The maximum absolute atomic E-state index is 9.61. The fraction of sp³-hybridized carbons (Fsp3) is 0.538. The van der Waals surface area contributed by atoms with E-state index in [-0.39, 0.29) is 5.75 Å². The molecule has 0 aromatic heterocycles. The molecule has 0 aliphatic heterocycles. The van der Waals surface area contributed by atoms with Crippen LogP contribution in [0.1, 0.15) is 30.5 Å². The number of phenols is 1. The number of phenolic OH excluding ortho intramolecular Hbond substituents is 1. The summed E-state index contributed by atoms with van der Waals surface area (Å²) in [5.74, 6) is 0.273. The summed E-state index contributed by atoms with van der Waals surface area (Å²) in [6.45, 7) is 8.37. The molecule has 0 aliphatic rings. The molecule has 1 rings (SSSR count). The third-order valence-corrected chi connectivity index (χ3v) is 2.53. The molecule has 0 amide bonds. The van der Waals surface area contributed by atoms with Crippen LogP contribution in [-0.2, 0) is 22.7 Å². The second-order valence-electron chi connectivity index (χ2n) is 3.66. The third-order valence-electron chi connectivity index (χ3n) is 2.53. The number of rotatable bonds is 6. The van der Waals surface area contributed by atoms with Crippen molar-refractivity contribution in [2.45, 2.75) is 34.0 Å². The molecule has 1 aromatic carbocycles. The van der Waals surface area contributed by atoms with Gasteiger partial charge in [0.15, 0.2) is 0 Å². The summed E-state index contributed by atoms with van der Waals surface area (Å²) in [5.41, 5.74) is 3.19. The minimum atomic E-state index is 0.273. The molecule has 0 atom stereocenters. The van der Waals surface area contributed by atoms with E-state index >= 15 is 0 Å². The Labute approximate surface area is 97.0 Å². The largest absolute Gasteiger partial charge is 0.508 e. The molecule has 0 aliphatic carbocycles. The first-order valence-electron chi connectivity index (χ1n) is 5.65. The Bertz CT molecular complexity index is 305. The predicted molar refractivity (Wildman–Crippen MR) is 63.5 cm³/mol. The monoisotopic (exact) mass is 224 g/mol. The van der Waals surface area contributed by atoms with Crippen molar-refractivity contribution in [3.63, 3.8) is 0 Å². The lowest BCUT2D eigenvalue weighted by molar-refractivity contribution is 0.129. The highest BCUT2D eigenvalue weighted by Gasteiger charge is 2.07. The quantitative estimate of drug-likeness (QED) is 0.807. The summed E-state index contributed by atoms with van der Waals surface area (Å²) in [6, 6.07) is 3.50. The molecule has 3 heteroatoms. The van der Waals surface area contributed by atoms with Crippen molar-refractivity contribution in [3.05, 3.63) is 28.8 Å². The van der Waals surface area contributed by atoms with Crippen molar-refractivity contribution in [2.24, 2.45) is 0 Å². The zero-order valence-corrected chi connectivity index (χ0v) is 10.2. The average Bonchev–Trinajstić information content (AvgIpc) is 2.28. The standard InChI is InChI=1S/C13H20O3/c1-4-15-8-11-6-13(14)7-12(10(11)3)9-16-5-2/h6-7,14H,4-5,8-9H2,1-3H3. The summed E-state index contributed by atoms with van der Waals surface area (Å²) >= 11 is 0. The summed E-state index contributed by atoms with van der Waals surface area (Å²) in [5, 5.41) is 9.61. The van der Waals surface area contributed by atoms with E-state index in [4.69, 9.17) is 9.47 Å². The Morgan fingerprint density at radius 2 is 1.44 bits per heavy atom. The normalized spacial score (nSPS) is 10.7. The van der Waals surface area contributed by atoms with Crippen LogP contribution in [0.25, 0.3) is 0 Å². The van der Waals surface area contributed by atoms with Gasteiger partial charge in [-0.15, -0.1) is 0 Å². The number of hydrogen-bond acceptors (Lipinski definition) is 3. The van der Waals surface area contributed by atoms with Crippen molar-refractivity contribution in [3.8, 4) is 5.75 Å². The van der Waals surface area contributed by atoms with E-state index in [0.29, 0.717) is 26.4 Å². The van der Waals surface area contributed by atoms with Crippen LogP contribution in [0.5, 0.6) is 5.75 Å². The summed E-state index contributed by atoms with van der Waals surface area (Å²) in [7, 11) is 0. The minimum absolute atomic E-state index is 0.273.